The molecule has 0 atom stereocenters. The molecule has 2 heterocycles. The molecule has 244 valence electrons. The van der Waals surface area contributed by atoms with Crippen molar-refractivity contribution in [3.05, 3.63) is 209 Å². The van der Waals surface area contributed by atoms with E-state index in [9.17, 15) is 0 Å². The van der Waals surface area contributed by atoms with Gasteiger partial charge in [0.1, 0.15) is 23.0 Å². The molecule has 7 aromatic carbocycles. The second-order valence-corrected chi connectivity index (χ2v) is 13.0. The second-order valence-electron chi connectivity index (χ2n) is 13.0. The predicted octanol–water partition coefficient (Wildman–Crippen LogP) is 13.3. The minimum Gasteiger partial charge on any atom is -0.456 e. The third-order valence-corrected chi connectivity index (χ3v) is 9.95. The quantitative estimate of drug-likeness (QED) is 0.184. The number of allylic oxidation sites excluding steroid dienone is 2. The van der Waals surface area contributed by atoms with Crippen LogP contribution in [0.15, 0.2) is 176 Å². The first-order valence-electron chi connectivity index (χ1n) is 17.4. The number of nitrogens with zero attached hydrogens (tertiary/aromatic N) is 1. The second kappa shape index (κ2) is 12.7. The van der Waals surface area contributed by atoms with Crippen LogP contribution >= 0.6 is 0 Å². The van der Waals surface area contributed by atoms with Gasteiger partial charge in [-0.05, 0) is 108 Å². The molecule has 0 unspecified atom stereocenters. The van der Waals surface area contributed by atoms with Crippen LogP contribution in [0, 0.1) is 0 Å². The van der Waals surface area contributed by atoms with Gasteiger partial charge in [-0.3, -0.25) is 0 Å². The summed E-state index contributed by atoms with van der Waals surface area (Å²) >= 11 is 0. The first kappa shape index (κ1) is 30.5. The smallest absolute Gasteiger partial charge is 0.135 e. The zero-order valence-corrected chi connectivity index (χ0v) is 28.5. The Morgan fingerprint density at radius 3 is 0.980 bits per heavy atom. The maximum absolute atomic E-state index is 6.28. The van der Waals surface area contributed by atoms with Crippen molar-refractivity contribution in [2.45, 2.75) is 13.8 Å². The Morgan fingerprint density at radius 2 is 0.627 bits per heavy atom. The number of anilines is 3. The van der Waals surface area contributed by atoms with Crippen molar-refractivity contribution in [2.24, 2.45) is 0 Å². The molecule has 51 heavy (non-hydrogen) atoms. The molecule has 0 N–H and O–H groups in total. The summed E-state index contributed by atoms with van der Waals surface area (Å²) in [7, 11) is 0. The number of ether oxygens (including phenoxy) is 2. The van der Waals surface area contributed by atoms with E-state index < -0.39 is 0 Å². The monoisotopic (exact) mass is 657 g/mol. The van der Waals surface area contributed by atoms with Crippen LogP contribution in [0.5, 0.6) is 23.0 Å². The summed E-state index contributed by atoms with van der Waals surface area (Å²) in [4.78, 5) is 2.32. The van der Waals surface area contributed by atoms with Crippen molar-refractivity contribution in [3.8, 4) is 23.0 Å². The molecule has 0 bridgehead atoms. The maximum Gasteiger partial charge on any atom is 0.135 e. The van der Waals surface area contributed by atoms with Crippen molar-refractivity contribution in [3.63, 3.8) is 0 Å². The minimum atomic E-state index is 0.886. The molecule has 3 nitrogen and oxygen atoms in total. The van der Waals surface area contributed by atoms with Gasteiger partial charge < -0.3 is 14.4 Å². The standard InChI is InChI=1S/C48H35NO2/c1-32(47-39-16-6-10-20-43(39)50-44-21-11-7-17-40(44)47)34-24-28-37(29-25-34)49(36-14-4-3-5-15-36)38-30-26-35(27-31-38)33(2)48-41-18-8-12-22-45(41)51-46-23-13-9-19-42(46)48/h3-31H,1-2H3. The SMILES string of the molecule is CC(=C1c2ccccc2Oc2ccccc21)c1ccc(N(c2ccccc2)c2ccc(C(C)=C3c4ccccc4Oc4ccccc43)cc2)cc1. The third-order valence-electron chi connectivity index (χ3n) is 9.95. The molecule has 0 amide bonds. The Balaban J connectivity index is 1.10. The molecule has 0 aromatic heterocycles. The van der Waals surface area contributed by atoms with E-state index >= 15 is 0 Å². The Labute approximate surface area is 299 Å². The average molecular weight is 658 g/mol. The van der Waals surface area contributed by atoms with E-state index in [4.69, 9.17) is 9.47 Å². The Hall–Kier alpha value is -6.58. The molecule has 2 aliphatic heterocycles. The van der Waals surface area contributed by atoms with Crippen LogP contribution in [0.3, 0.4) is 0 Å². The van der Waals surface area contributed by atoms with E-state index in [0.717, 1.165) is 62.3 Å². The Morgan fingerprint density at radius 1 is 0.333 bits per heavy atom. The van der Waals surface area contributed by atoms with Crippen molar-refractivity contribution in [1.82, 2.24) is 0 Å². The van der Waals surface area contributed by atoms with Crippen molar-refractivity contribution in [2.75, 3.05) is 4.90 Å². The first-order chi connectivity index (χ1) is 25.1. The highest BCUT2D eigenvalue weighted by atomic mass is 16.5. The summed E-state index contributed by atoms with van der Waals surface area (Å²) in [6.07, 6.45) is 0. The highest BCUT2D eigenvalue weighted by Gasteiger charge is 2.25. The molecule has 0 fully saturated rings. The van der Waals surface area contributed by atoms with E-state index in [-0.39, 0.29) is 0 Å². The van der Waals surface area contributed by atoms with Crippen molar-refractivity contribution in [1.29, 1.82) is 0 Å². The maximum atomic E-state index is 6.28. The molecule has 0 radical (unpaired) electrons. The zero-order chi connectivity index (χ0) is 34.3. The topological polar surface area (TPSA) is 21.7 Å². The van der Waals surface area contributed by atoms with Gasteiger partial charge in [-0.25, -0.2) is 0 Å². The minimum absolute atomic E-state index is 0.886. The number of para-hydroxylation sites is 5. The van der Waals surface area contributed by atoms with Gasteiger partial charge in [-0.1, -0.05) is 115 Å². The van der Waals surface area contributed by atoms with Crippen LogP contribution < -0.4 is 14.4 Å². The third kappa shape index (κ3) is 5.40. The van der Waals surface area contributed by atoms with Crippen LogP contribution in [0.2, 0.25) is 0 Å². The van der Waals surface area contributed by atoms with Gasteiger partial charge in [-0.15, -0.1) is 0 Å². The normalized spacial score (nSPS) is 12.4. The van der Waals surface area contributed by atoms with Gasteiger partial charge in [0.25, 0.3) is 0 Å². The first-order valence-corrected chi connectivity index (χ1v) is 17.4. The molecule has 0 aliphatic carbocycles. The summed E-state index contributed by atoms with van der Waals surface area (Å²) in [6.45, 7) is 4.42. The van der Waals surface area contributed by atoms with Crippen molar-refractivity contribution >= 4 is 39.4 Å². The van der Waals surface area contributed by atoms with E-state index in [1.807, 2.05) is 48.5 Å². The zero-order valence-electron chi connectivity index (χ0n) is 28.5. The van der Waals surface area contributed by atoms with Gasteiger partial charge >= 0.3 is 0 Å². The van der Waals surface area contributed by atoms with Crippen molar-refractivity contribution < 1.29 is 9.47 Å². The van der Waals surface area contributed by atoms with Crippen LogP contribution in [-0.4, -0.2) is 0 Å². The number of rotatable bonds is 5. The number of fused-ring (bicyclic) bond motifs is 4. The number of hydrogen-bond donors (Lipinski definition) is 0. The summed E-state index contributed by atoms with van der Waals surface area (Å²) < 4.78 is 12.6. The summed E-state index contributed by atoms with van der Waals surface area (Å²) in [5, 5.41) is 0. The average Bonchev–Trinajstić information content (AvgIpc) is 3.19. The van der Waals surface area contributed by atoms with Gasteiger partial charge in [0.05, 0.1) is 0 Å². The lowest BCUT2D eigenvalue weighted by molar-refractivity contribution is 0.474. The molecular formula is C48H35NO2. The number of benzene rings is 7. The van der Waals surface area contributed by atoms with E-state index in [1.165, 1.54) is 33.4 Å². The van der Waals surface area contributed by atoms with Gasteiger partial charge in [0.15, 0.2) is 0 Å². The molecule has 2 aliphatic rings. The Bertz CT molecular complexity index is 2220. The van der Waals surface area contributed by atoms with E-state index in [1.54, 1.807) is 0 Å². The summed E-state index contributed by atoms with van der Waals surface area (Å²) in [5.74, 6) is 3.54. The lowest BCUT2D eigenvalue weighted by Crippen LogP contribution is -2.10. The fourth-order valence-corrected chi connectivity index (χ4v) is 7.42. The lowest BCUT2D eigenvalue weighted by atomic mass is 9.87. The molecule has 0 spiro atoms. The van der Waals surface area contributed by atoms with Crippen LogP contribution in [0.4, 0.5) is 17.1 Å². The van der Waals surface area contributed by atoms with Gasteiger partial charge in [-0.2, -0.15) is 0 Å². The lowest BCUT2D eigenvalue weighted by Gasteiger charge is -2.27. The Kier molecular flexibility index (Phi) is 7.59. The molecule has 3 heteroatoms. The van der Waals surface area contributed by atoms with E-state index in [2.05, 4.69) is 146 Å². The highest BCUT2D eigenvalue weighted by molar-refractivity contribution is 6.03. The fraction of sp³-hybridized carbons (Fsp3) is 0.0417. The molecule has 0 saturated heterocycles. The van der Waals surface area contributed by atoms with Crippen LogP contribution in [-0.2, 0) is 0 Å². The van der Waals surface area contributed by atoms with E-state index in [0.29, 0.717) is 0 Å². The van der Waals surface area contributed by atoms with Gasteiger partial charge in [0.2, 0.25) is 0 Å². The van der Waals surface area contributed by atoms with Crippen LogP contribution in [0.1, 0.15) is 47.2 Å². The summed E-state index contributed by atoms with van der Waals surface area (Å²) in [6, 6.07) is 61.6. The predicted molar refractivity (Wildman–Crippen MR) is 210 cm³/mol. The van der Waals surface area contributed by atoms with Crippen LogP contribution in [0.25, 0.3) is 22.3 Å². The molecule has 0 saturated carbocycles. The van der Waals surface area contributed by atoms with Gasteiger partial charge in [0, 0.05) is 39.3 Å². The molecular weight excluding hydrogens is 623 g/mol. The fourth-order valence-electron chi connectivity index (χ4n) is 7.42. The number of hydrogen-bond acceptors (Lipinski definition) is 3. The molecule has 7 aromatic rings. The highest BCUT2D eigenvalue weighted by Crippen LogP contribution is 2.48. The largest absolute Gasteiger partial charge is 0.456 e. The molecule has 9 rings (SSSR count). The summed E-state index contributed by atoms with van der Waals surface area (Å²) in [5.41, 5.74) is 14.9.